The Balaban J connectivity index is 1.64. The van der Waals surface area contributed by atoms with Gasteiger partial charge in [0.2, 0.25) is 11.8 Å². The number of nitrogens with zero attached hydrogens (tertiary/aromatic N) is 1. The molecular formula is C19H33N3O4. The van der Waals surface area contributed by atoms with E-state index in [2.05, 4.69) is 10.6 Å². The molecule has 0 bridgehead atoms. The summed E-state index contributed by atoms with van der Waals surface area (Å²) in [5.74, 6) is -0.676. The molecule has 7 heteroatoms. The Bertz CT molecular complexity index is 499. The van der Waals surface area contributed by atoms with Crippen LogP contribution in [0.1, 0.15) is 65.2 Å². The molecular weight excluding hydrogens is 334 g/mol. The predicted octanol–water partition coefficient (Wildman–Crippen LogP) is 1.52. The number of hydrogen-bond acceptors (Lipinski definition) is 4. The summed E-state index contributed by atoms with van der Waals surface area (Å²) < 4.78 is 0. The molecule has 0 spiro atoms. The Hall–Kier alpha value is -1.63. The number of carbonyl (C=O) groups excluding carboxylic acids is 2. The lowest BCUT2D eigenvalue weighted by atomic mass is 9.85. The third-order valence-electron chi connectivity index (χ3n) is 5.60. The minimum Gasteiger partial charge on any atom is -0.480 e. The predicted molar refractivity (Wildman–Crippen MR) is 98.6 cm³/mol. The van der Waals surface area contributed by atoms with Crippen LogP contribution in [0, 0.1) is 5.92 Å². The summed E-state index contributed by atoms with van der Waals surface area (Å²) >= 11 is 0. The second kappa shape index (κ2) is 9.90. The van der Waals surface area contributed by atoms with Crippen molar-refractivity contribution in [3.8, 4) is 0 Å². The first-order chi connectivity index (χ1) is 12.4. The molecule has 3 N–H and O–H groups in total. The van der Waals surface area contributed by atoms with Crippen molar-refractivity contribution < 1.29 is 19.5 Å². The fraction of sp³-hybridized carbons (Fsp3) is 0.842. The van der Waals surface area contributed by atoms with Gasteiger partial charge in [-0.15, -0.1) is 0 Å². The molecule has 2 aliphatic carbocycles. The average molecular weight is 367 g/mol. The lowest BCUT2D eigenvalue weighted by Crippen LogP contribution is -2.55. The molecule has 2 fully saturated rings. The van der Waals surface area contributed by atoms with Gasteiger partial charge in [-0.05, 0) is 39.2 Å². The molecule has 26 heavy (non-hydrogen) atoms. The van der Waals surface area contributed by atoms with Gasteiger partial charge < -0.3 is 15.7 Å². The van der Waals surface area contributed by atoms with E-state index in [1.807, 2.05) is 18.7 Å². The van der Waals surface area contributed by atoms with E-state index in [4.69, 9.17) is 5.11 Å². The van der Waals surface area contributed by atoms with Gasteiger partial charge in [0, 0.05) is 30.5 Å². The Morgan fingerprint density at radius 1 is 1.15 bits per heavy atom. The van der Waals surface area contributed by atoms with E-state index in [1.165, 1.54) is 6.42 Å². The molecule has 0 aromatic heterocycles. The van der Waals surface area contributed by atoms with Gasteiger partial charge in [0.05, 0.1) is 6.54 Å². The standard InChI is InChI=1S/C19H33N3O4/c1-3-22(12-18(24)25)16-10-15(11-16)21-17(23)9-13(2)20-19(26)14-7-5-4-6-8-14/h13-16H,3-12H2,1-2H3,(H,20,26)(H,21,23)(H,24,25). The van der Waals surface area contributed by atoms with Crippen molar-refractivity contribution in [2.24, 2.45) is 5.92 Å². The van der Waals surface area contributed by atoms with Crippen LogP contribution in [0.5, 0.6) is 0 Å². The number of nitrogens with one attached hydrogen (secondary N) is 2. The van der Waals surface area contributed by atoms with Crippen molar-refractivity contribution in [3.05, 3.63) is 0 Å². The number of likely N-dealkylation sites (N-methyl/N-ethyl adjacent to an activating group) is 1. The van der Waals surface area contributed by atoms with Crippen LogP contribution >= 0.6 is 0 Å². The van der Waals surface area contributed by atoms with E-state index >= 15 is 0 Å². The van der Waals surface area contributed by atoms with Crippen molar-refractivity contribution in [1.82, 2.24) is 15.5 Å². The lowest BCUT2D eigenvalue weighted by Gasteiger charge is -2.42. The number of hydrogen-bond donors (Lipinski definition) is 3. The van der Waals surface area contributed by atoms with Crippen LogP contribution in [0.4, 0.5) is 0 Å². The van der Waals surface area contributed by atoms with E-state index in [1.54, 1.807) is 0 Å². The SMILES string of the molecule is CCN(CC(=O)O)C1CC(NC(=O)CC(C)NC(=O)C2CCCCC2)C1. The molecule has 1 unspecified atom stereocenters. The van der Waals surface area contributed by atoms with Crippen molar-refractivity contribution >= 4 is 17.8 Å². The van der Waals surface area contributed by atoms with Crippen LogP contribution in [0.25, 0.3) is 0 Å². The molecule has 2 saturated carbocycles. The first-order valence-corrected chi connectivity index (χ1v) is 9.94. The number of carbonyl (C=O) groups is 3. The Kier molecular flexibility index (Phi) is 7.87. The molecule has 0 radical (unpaired) electrons. The molecule has 2 amide bonds. The van der Waals surface area contributed by atoms with Crippen LogP contribution in [0.2, 0.25) is 0 Å². The van der Waals surface area contributed by atoms with E-state index in [0.29, 0.717) is 6.54 Å². The Labute approximate surface area is 155 Å². The van der Waals surface area contributed by atoms with Crippen LogP contribution in [-0.4, -0.2) is 59.0 Å². The maximum Gasteiger partial charge on any atom is 0.317 e. The normalized spacial score (nSPS) is 24.6. The Morgan fingerprint density at radius 3 is 2.38 bits per heavy atom. The minimum absolute atomic E-state index is 0.0477. The summed E-state index contributed by atoms with van der Waals surface area (Å²) in [4.78, 5) is 37.2. The lowest BCUT2D eigenvalue weighted by molar-refractivity contribution is -0.140. The molecule has 0 aromatic rings. The molecule has 0 saturated heterocycles. The third kappa shape index (κ3) is 6.27. The van der Waals surface area contributed by atoms with E-state index in [-0.39, 0.29) is 48.8 Å². The summed E-state index contributed by atoms with van der Waals surface area (Å²) in [6.45, 7) is 4.56. The summed E-state index contributed by atoms with van der Waals surface area (Å²) in [6.07, 6.45) is 7.22. The fourth-order valence-electron chi connectivity index (χ4n) is 4.02. The van der Waals surface area contributed by atoms with Gasteiger partial charge in [0.25, 0.3) is 0 Å². The zero-order valence-electron chi connectivity index (χ0n) is 16.0. The van der Waals surface area contributed by atoms with Crippen molar-refractivity contribution in [3.63, 3.8) is 0 Å². The average Bonchev–Trinajstić information content (AvgIpc) is 2.56. The second-order valence-corrected chi connectivity index (χ2v) is 7.80. The Morgan fingerprint density at radius 2 is 1.81 bits per heavy atom. The van der Waals surface area contributed by atoms with E-state index in [9.17, 15) is 14.4 Å². The quantitative estimate of drug-likeness (QED) is 0.574. The first-order valence-electron chi connectivity index (χ1n) is 9.94. The van der Waals surface area contributed by atoms with E-state index < -0.39 is 5.97 Å². The van der Waals surface area contributed by atoms with Gasteiger partial charge in [-0.2, -0.15) is 0 Å². The van der Waals surface area contributed by atoms with Crippen molar-refractivity contribution in [2.45, 2.75) is 83.3 Å². The molecule has 7 nitrogen and oxygen atoms in total. The largest absolute Gasteiger partial charge is 0.480 e. The summed E-state index contributed by atoms with van der Waals surface area (Å²) in [5, 5.41) is 14.9. The van der Waals surface area contributed by atoms with Crippen LogP contribution in [0.15, 0.2) is 0 Å². The highest BCUT2D eigenvalue weighted by Crippen LogP contribution is 2.26. The highest BCUT2D eigenvalue weighted by atomic mass is 16.4. The summed E-state index contributed by atoms with van der Waals surface area (Å²) in [5.41, 5.74) is 0. The molecule has 0 aliphatic heterocycles. The van der Waals surface area contributed by atoms with Crippen molar-refractivity contribution in [2.75, 3.05) is 13.1 Å². The number of aliphatic carboxylic acids is 1. The van der Waals surface area contributed by atoms with Gasteiger partial charge in [-0.1, -0.05) is 26.2 Å². The third-order valence-corrected chi connectivity index (χ3v) is 5.60. The van der Waals surface area contributed by atoms with Gasteiger partial charge in [0.15, 0.2) is 0 Å². The highest BCUT2D eigenvalue weighted by Gasteiger charge is 2.34. The van der Waals surface area contributed by atoms with Crippen LogP contribution in [-0.2, 0) is 14.4 Å². The fourth-order valence-corrected chi connectivity index (χ4v) is 4.02. The van der Waals surface area contributed by atoms with E-state index in [0.717, 1.165) is 38.5 Å². The first kappa shape index (κ1) is 20.7. The van der Waals surface area contributed by atoms with Crippen molar-refractivity contribution in [1.29, 1.82) is 0 Å². The molecule has 0 heterocycles. The number of amides is 2. The zero-order valence-corrected chi connectivity index (χ0v) is 16.0. The monoisotopic (exact) mass is 367 g/mol. The molecule has 2 rings (SSSR count). The number of carboxylic acids is 1. The maximum atomic E-state index is 12.2. The van der Waals surface area contributed by atoms with Crippen LogP contribution in [0.3, 0.4) is 0 Å². The highest BCUT2D eigenvalue weighted by molar-refractivity contribution is 5.81. The smallest absolute Gasteiger partial charge is 0.317 e. The maximum absolute atomic E-state index is 12.2. The van der Waals surface area contributed by atoms with Gasteiger partial charge >= 0.3 is 5.97 Å². The second-order valence-electron chi connectivity index (χ2n) is 7.80. The molecule has 1 atom stereocenters. The van der Waals surface area contributed by atoms with Gasteiger partial charge in [-0.25, -0.2) is 0 Å². The molecule has 0 aromatic carbocycles. The summed E-state index contributed by atoms with van der Waals surface area (Å²) in [7, 11) is 0. The zero-order chi connectivity index (χ0) is 19.1. The summed E-state index contributed by atoms with van der Waals surface area (Å²) in [6, 6.07) is 0.167. The number of rotatable bonds is 9. The van der Waals surface area contributed by atoms with Crippen LogP contribution < -0.4 is 10.6 Å². The van der Waals surface area contributed by atoms with Gasteiger partial charge in [-0.3, -0.25) is 19.3 Å². The van der Waals surface area contributed by atoms with Gasteiger partial charge in [0.1, 0.15) is 0 Å². The minimum atomic E-state index is -0.818. The number of carboxylic acid groups (broad SMARTS) is 1. The topological polar surface area (TPSA) is 98.7 Å². The molecule has 2 aliphatic rings. The molecule has 148 valence electrons.